The molecule has 0 aromatic carbocycles. The summed E-state index contributed by atoms with van der Waals surface area (Å²) in [4.78, 5) is 28.2. The van der Waals surface area contributed by atoms with Crippen LogP contribution in [-0.4, -0.2) is 49.5 Å². The quantitative estimate of drug-likeness (QED) is 0.731. The van der Waals surface area contributed by atoms with Crippen molar-refractivity contribution in [1.82, 2.24) is 24.6 Å². The zero-order valence-electron chi connectivity index (χ0n) is 17.8. The molecular formula is C24H23FN6O. The molecule has 1 atom stereocenters. The SMILES string of the molecule is CC12CC=CC(c3ccc(F)cn3)=C1CCN1C(=O)CN=C(n3cnc(C4CC4)n3)C=C12. The van der Waals surface area contributed by atoms with Crippen LogP contribution in [0.1, 0.15) is 50.0 Å². The fourth-order valence-electron chi connectivity index (χ4n) is 4.97. The predicted octanol–water partition coefficient (Wildman–Crippen LogP) is 3.49. The van der Waals surface area contributed by atoms with Crippen molar-refractivity contribution in [1.29, 1.82) is 0 Å². The zero-order chi connectivity index (χ0) is 21.9. The number of aromatic nitrogens is 4. The fraction of sp³-hybridized carbons (Fsp3) is 0.375. The van der Waals surface area contributed by atoms with Gasteiger partial charge >= 0.3 is 0 Å². The number of nitrogens with zero attached hydrogens (tertiary/aromatic N) is 6. The van der Waals surface area contributed by atoms with Crippen molar-refractivity contribution in [2.75, 3.05) is 13.1 Å². The molecule has 1 amide bonds. The largest absolute Gasteiger partial charge is 0.313 e. The monoisotopic (exact) mass is 430 g/mol. The Morgan fingerprint density at radius 3 is 2.88 bits per heavy atom. The maximum Gasteiger partial charge on any atom is 0.248 e. The number of piperidine rings is 1. The van der Waals surface area contributed by atoms with Gasteiger partial charge in [0, 0.05) is 35.2 Å². The highest BCUT2D eigenvalue weighted by molar-refractivity contribution is 5.99. The molecular weight excluding hydrogens is 407 g/mol. The molecule has 1 unspecified atom stereocenters. The van der Waals surface area contributed by atoms with Crippen LogP contribution in [0.2, 0.25) is 0 Å². The fourth-order valence-corrected chi connectivity index (χ4v) is 4.97. The van der Waals surface area contributed by atoms with Crippen molar-refractivity contribution in [3.8, 4) is 0 Å². The molecule has 1 saturated carbocycles. The average Bonchev–Trinajstić information content (AvgIpc) is 3.56. The molecule has 0 radical (unpaired) electrons. The van der Waals surface area contributed by atoms with E-state index in [0.29, 0.717) is 18.3 Å². The third-order valence-electron chi connectivity index (χ3n) is 6.88. The van der Waals surface area contributed by atoms with Crippen LogP contribution >= 0.6 is 0 Å². The van der Waals surface area contributed by atoms with E-state index in [-0.39, 0.29) is 23.7 Å². The van der Waals surface area contributed by atoms with E-state index in [1.54, 1.807) is 17.1 Å². The lowest BCUT2D eigenvalue weighted by Crippen LogP contribution is -2.45. The number of carbonyl (C=O) groups excluding carboxylic acids is 1. The summed E-state index contributed by atoms with van der Waals surface area (Å²) in [7, 11) is 0. The summed E-state index contributed by atoms with van der Waals surface area (Å²) in [6.07, 6.45) is 12.9. The van der Waals surface area contributed by atoms with E-state index >= 15 is 0 Å². The Hall–Kier alpha value is -3.42. The molecule has 2 aliphatic heterocycles. The highest BCUT2D eigenvalue weighted by atomic mass is 19.1. The first-order valence-electron chi connectivity index (χ1n) is 11.0. The summed E-state index contributed by atoms with van der Waals surface area (Å²) < 4.78 is 15.1. The molecule has 1 saturated heterocycles. The number of aliphatic imine (C=N–C) groups is 1. The van der Waals surface area contributed by atoms with E-state index < -0.39 is 0 Å². The Morgan fingerprint density at radius 2 is 2.09 bits per heavy atom. The molecule has 2 aliphatic carbocycles. The van der Waals surface area contributed by atoms with Crippen LogP contribution < -0.4 is 0 Å². The number of amides is 1. The van der Waals surface area contributed by atoms with Crippen molar-refractivity contribution < 1.29 is 9.18 Å². The molecule has 162 valence electrons. The van der Waals surface area contributed by atoms with E-state index in [1.165, 1.54) is 17.8 Å². The first-order valence-corrected chi connectivity index (χ1v) is 11.0. The lowest BCUT2D eigenvalue weighted by Gasteiger charge is -2.46. The molecule has 32 heavy (non-hydrogen) atoms. The second-order valence-electron chi connectivity index (χ2n) is 9.01. The Kier molecular flexibility index (Phi) is 4.25. The van der Waals surface area contributed by atoms with E-state index in [1.807, 2.05) is 11.0 Å². The van der Waals surface area contributed by atoms with Crippen molar-refractivity contribution in [2.24, 2.45) is 10.4 Å². The summed E-state index contributed by atoms with van der Waals surface area (Å²) in [5, 5.41) is 4.63. The van der Waals surface area contributed by atoms with E-state index in [0.717, 1.165) is 48.5 Å². The topological polar surface area (TPSA) is 76.3 Å². The summed E-state index contributed by atoms with van der Waals surface area (Å²) in [5.74, 6) is 1.57. The van der Waals surface area contributed by atoms with E-state index in [4.69, 9.17) is 0 Å². The molecule has 0 bridgehead atoms. The van der Waals surface area contributed by atoms with Gasteiger partial charge < -0.3 is 4.90 Å². The molecule has 2 aromatic rings. The second-order valence-corrected chi connectivity index (χ2v) is 9.01. The van der Waals surface area contributed by atoms with Gasteiger partial charge in [0.25, 0.3) is 0 Å². The van der Waals surface area contributed by atoms with Crippen molar-refractivity contribution in [3.05, 3.63) is 71.5 Å². The van der Waals surface area contributed by atoms with Crippen LogP contribution in [0, 0.1) is 11.2 Å². The van der Waals surface area contributed by atoms with E-state index in [2.05, 4.69) is 39.1 Å². The zero-order valence-corrected chi connectivity index (χ0v) is 17.8. The number of allylic oxidation sites excluding steroid dienone is 5. The summed E-state index contributed by atoms with van der Waals surface area (Å²) in [6, 6.07) is 3.15. The van der Waals surface area contributed by atoms with Crippen molar-refractivity contribution in [3.63, 3.8) is 0 Å². The number of hydrogen-bond acceptors (Lipinski definition) is 5. The lowest BCUT2D eigenvalue weighted by atomic mass is 9.67. The van der Waals surface area contributed by atoms with Gasteiger partial charge in [0.1, 0.15) is 18.7 Å². The van der Waals surface area contributed by atoms with Crippen LogP contribution in [0.4, 0.5) is 4.39 Å². The normalized spacial score (nSPS) is 25.2. The Bertz CT molecular complexity index is 1230. The summed E-state index contributed by atoms with van der Waals surface area (Å²) in [5.41, 5.74) is 3.50. The summed E-state index contributed by atoms with van der Waals surface area (Å²) >= 11 is 0. The Morgan fingerprint density at radius 1 is 1.22 bits per heavy atom. The number of rotatable bonds is 2. The second kappa shape index (κ2) is 7.05. The summed E-state index contributed by atoms with van der Waals surface area (Å²) in [6.45, 7) is 2.84. The van der Waals surface area contributed by atoms with Gasteiger partial charge in [-0.1, -0.05) is 12.2 Å². The van der Waals surface area contributed by atoms with Gasteiger partial charge in [-0.25, -0.2) is 14.1 Å². The number of pyridine rings is 1. The van der Waals surface area contributed by atoms with Crippen LogP contribution in [0.3, 0.4) is 0 Å². The molecule has 4 aliphatic rings. The molecule has 4 heterocycles. The first-order chi connectivity index (χ1) is 15.5. The van der Waals surface area contributed by atoms with Crippen molar-refractivity contribution in [2.45, 2.75) is 38.5 Å². The molecule has 6 rings (SSSR count). The van der Waals surface area contributed by atoms with Gasteiger partial charge in [-0.15, -0.1) is 5.10 Å². The number of carbonyl (C=O) groups is 1. The van der Waals surface area contributed by atoms with Gasteiger partial charge in [-0.05, 0) is 50.3 Å². The van der Waals surface area contributed by atoms with Crippen LogP contribution in [0.5, 0.6) is 0 Å². The number of fused-ring (bicyclic) bond motifs is 3. The minimum atomic E-state index is -0.390. The third-order valence-corrected chi connectivity index (χ3v) is 6.88. The smallest absolute Gasteiger partial charge is 0.248 e. The standard InChI is InChI=1S/C24H23FN6O/c1-24-9-2-3-17(19-7-6-16(25)12-26-19)18(24)8-10-30-20(24)11-21(27-13-22(30)32)31-14-28-23(29-31)15-4-5-15/h2-3,6-7,11-12,14-15H,4-5,8-10,13H2,1H3. The highest BCUT2D eigenvalue weighted by Gasteiger charge is 2.44. The minimum Gasteiger partial charge on any atom is -0.313 e. The van der Waals surface area contributed by atoms with Gasteiger partial charge in [-0.2, -0.15) is 0 Å². The van der Waals surface area contributed by atoms with Gasteiger partial charge in [0.15, 0.2) is 11.7 Å². The highest BCUT2D eigenvalue weighted by Crippen LogP contribution is 2.51. The average molecular weight is 430 g/mol. The van der Waals surface area contributed by atoms with Gasteiger partial charge in [0.2, 0.25) is 5.91 Å². The Balaban J connectivity index is 1.45. The van der Waals surface area contributed by atoms with E-state index in [9.17, 15) is 9.18 Å². The maximum atomic E-state index is 13.5. The predicted molar refractivity (Wildman–Crippen MR) is 117 cm³/mol. The molecule has 0 N–H and O–H groups in total. The van der Waals surface area contributed by atoms with Crippen LogP contribution in [-0.2, 0) is 4.79 Å². The molecule has 8 heteroatoms. The number of hydrogen-bond donors (Lipinski definition) is 0. The first kappa shape index (κ1) is 19.3. The van der Waals surface area contributed by atoms with Crippen molar-refractivity contribution >= 4 is 17.3 Å². The maximum absolute atomic E-state index is 13.5. The molecule has 7 nitrogen and oxygen atoms in total. The van der Waals surface area contributed by atoms with Gasteiger partial charge in [-0.3, -0.25) is 14.8 Å². The minimum absolute atomic E-state index is 0.00920. The third kappa shape index (κ3) is 3.04. The van der Waals surface area contributed by atoms with Crippen LogP contribution in [0.15, 0.2) is 59.1 Å². The van der Waals surface area contributed by atoms with Gasteiger partial charge in [0.05, 0.1) is 11.9 Å². The number of halogens is 1. The lowest BCUT2D eigenvalue weighted by molar-refractivity contribution is -0.128. The Labute approximate surface area is 185 Å². The van der Waals surface area contributed by atoms with Crippen LogP contribution in [0.25, 0.3) is 5.57 Å². The molecule has 0 spiro atoms. The molecule has 2 fully saturated rings. The molecule has 2 aromatic heterocycles.